The van der Waals surface area contributed by atoms with Crippen LogP contribution < -0.4 is 11.3 Å². The fourth-order valence-corrected chi connectivity index (χ4v) is 4.20. The molecule has 2 heterocycles. The fraction of sp³-hybridized carbons (Fsp3) is 0. The maximum Gasteiger partial charge on any atom is 0.347 e. The van der Waals surface area contributed by atoms with Gasteiger partial charge in [0.05, 0.1) is 0 Å². The van der Waals surface area contributed by atoms with Gasteiger partial charge in [0, 0.05) is 10.8 Å². The predicted molar refractivity (Wildman–Crippen MR) is 123 cm³/mol. The fourth-order valence-electron chi connectivity index (χ4n) is 4.20. The molecule has 0 amide bonds. The lowest BCUT2D eigenvalue weighted by Crippen LogP contribution is -2.20. The van der Waals surface area contributed by atoms with Crippen LogP contribution in [0.15, 0.2) is 103 Å². The first-order chi connectivity index (χ1) is 15.6. The standard InChI is InChI=1S/C27H14O5/c28-25(21-13-19-17-7-3-1-5-15(17)9-11-23(19)31-26(21)29)22-14-20-18-8-4-2-6-16(18)10-12-24(20)32-27(22)30/h1-14H. The number of carbonyl (C=O) groups excluding carboxylic acids is 1. The molecule has 5 heteroatoms. The number of hydrogen-bond donors (Lipinski definition) is 0. The molecule has 152 valence electrons. The van der Waals surface area contributed by atoms with Crippen molar-refractivity contribution in [3.63, 3.8) is 0 Å². The van der Waals surface area contributed by atoms with E-state index in [1.165, 1.54) is 12.1 Å². The number of rotatable bonds is 2. The molecule has 5 nitrogen and oxygen atoms in total. The Kier molecular flexibility index (Phi) is 3.86. The zero-order valence-electron chi connectivity index (χ0n) is 16.6. The van der Waals surface area contributed by atoms with Gasteiger partial charge in [0.1, 0.15) is 22.3 Å². The van der Waals surface area contributed by atoms with E-state index in [0.29, 0.717) is 21.9 Å². The Morgan fingerprint density at radius 2 is 0.969 bits per heavy atom. The van der Waals surface area contributed by atoms with E-state index < -0.39 is 17.0 Å². The lowest BCUT2D eigenvalue weighted by Gasteiger charge is -2.06. The number of benzene rings is 4. The van der Waals surface area contributed by atoms with E-state index in [1.54, 1.807) is 12.1 Å². The van der Waals surface area contributed by atoms with E-state index in [-0.39, 0.29) is 11.1 Å². The van der Waals surface area contributed by atoms with Gasteiger partial charge in [-0.25, -0.2) is 9.59 Å². The van der Waals surface area contributed by atoms with Gasteiger partial charge in [0.25, 0.3) is 0 Å². The molecular formula is C27H14O5. The predicted octanol–water partition coefficient (Wildman–Crippen LogP) is 5.44. The molecule has 0 atom stereocenters. The van der Waals surface area contributed by atoms with E-state index >= 15 is 0 Å². The topological polar surface area (TPSA) is 77.5 Å². The van der Waals surface area contributed by atoms with Crippen molar-refractivity contribution >= 4 is 49.3 Å². The van der Waals surface area contributed by atoms with E-state index in [9.17, 15) is 14.4 Å². The smallest absolute Gasteiger partial charge is 0.347 e. The Morgan fingerprint density at radius 1 is 0.531 bits per heavy atom. The molecule has 4 aromatic carbocycles. The second-order valence-electron chi connectivity index (χ2n) is 7.62. The number of hydrogen-bond acceptors (Lipinski definition) is 5. The summed E-state index contributed by atoms with van der Waals surface area (Å²) in [6.07, 6.45) is 0. The second-order valence-corrected chi connectivity index (χ2v) is 7.62. The molecule has 0 aliphatic rings. The molecular weight excluding hydrogens is 404 g/mol. The number of fused-ring (bicyclic) bond motifs is 6. The Morgan fingerprint density at radius 3 is 1.44 bits per heavy atom. The van der Waals surface area contributed by atoms with E-state index in [2.05, 4.69) is 0 Å². The molecule has 0 unspecified atom stereocenters. The minimum absolute atomic E-state index is 0.208. The first-order valence-corrected chi connectivity index (χ1v) is 10.1. The molecule has 0 saturated heterocycles. The van der Waals surface area contributed by atoms with Crippen molar-refractivity contribution in [2.45, 2.75) is 0 Å². The van der Waals surface area contributed by atoms with Crippen LogP contribution in [0, 0.1) is 0 Å². The van der Waals surface area contributed by atoms with Gasteiger partial charge >= 0.3 is 11.3 Å². The van der Waals surface area contributed by atoms with Crippen LogP contribution in [0.3, 0.4) is 0 Å². The Bertz CT molecular complexity index is 1700. The van der Waals surface area contributed by atoms with Gasteiger partial charge in [0.15, 0.2) is 0 Å². The van der Waals surface area contributed by atoms with E-state index in [0.717, 1.165) is 21.5 Å². The molecule has 6 rings (SSSR count). The molecule has 0 bridgehead atoms. The van der Waals surface area contributed by atoms with E-state index in [4.69, 9.17) is 8.83 Å². The highest BCUT2D eigenvalue weighted by Gasteiger charge is 2.21. The summed E-state index contributed by atoms with van der Waals surface area (Å²) in [6.45, 7) is 0. The van der Waals surface area contributed by atoms with Crippen molar-refractivity contribution in [3.8, 4) is 0 Å². The van der Waals surface area contributed by atoms with Crippen LogP contribution in [0.25, 0.3) is 43.5 Å². The maximum absolute atomic E-state index is 13.3. The first kappa shape index (κ1) is 18.3. The molecule has 0 N–H and O–H groups in total. The minimum atomic E-state index is -0.796. The molecule has 32 heavy (non-hydrogen) atoms. The summed E-state index contributed by atoms with van der Waals surface area (Å²) in [7, 11) is 0. The number of ketones is 1. The largest absolute Gasteiger partial charge is 0.422 e. The Balaban J connectivity index is 1.61. The third-order valence-corrected chi connectivity index (χ3v) is 5.77. The average molecular weight is 418 g/mol. The van der Waals surface area contributed by atoms with Crippen LogP contribution in [0.2, 0.25) is 0 Å². The summed E-state index contributed by atoms with van der Waals surface area (Å²) < 4.78 is 10.9. The lowest BCUT2D eigenvalue weighted by atomic mass is 9.99. The van der Waals surface area contributed by atoms with Crippen LogP contribution in [-0.2, 0) is 0 Å². The van der Waals surface area contributed by atoms with Crippen molar-refractivity contribution in [1.29, 1.82) is 0 Å². The highest BCUT2D eigenvalue weighted by molar-refractivity contribution is 6.15. The van der Waals surface area contributed by atoms with Gasteiger partial charge in [-0.3, -0.25) is 4.79 Å². The highest BCUT2D eigenvalue weighted by Crippen LogP contribution is 2.27. The van der Waals surface area contributed by atoms with Crippen LogP contribution in [-0.4, -0.2) is 5.78 Å². The zero-order chi connectivity index (χ0) is 21.8. The molecule has 2 aromatic heterocycles. The summed E-state index contributed by atoms with van der Waals surface area (Å²) in [6, 6.07) is 25.3. The molecule has 0 aliphatic carbocycles. The Labute approximate surface area is 180 Å². The van der Waals surface area contributed by atoms with Gasteiger partial charge in [-0.15, -0.1) is 0 Å². The summed E-state index contributed by atoms with van der Waals surface area (Å²) in [5, 5.41) is 4.84. The lowest BCUT2D eigenvalue weighted by molar-refractivity contribution is 0.103. The van der Waals surface area contributed by atoms with Crippen molar-refractivity contribution in [2.24, 2.45) is 0 Å². The second kappa shape index (κ2) is 6.75. The normalized spacial score (nSPS) is 11.5. The maximum atomic E-state index is 13.3. The van der Waals surface area contributed by atoms with Gasteiger partial charge < -0.3 is 8.83 Å². The van der Waals surface area contributed by atoms with Crippen LogP contribution in [0.5, 0.6) is 0 Å². The van der Waals surface area contributed by atoms with Crippen LogP contribution in [0.1, 0.15) is 15.9 Å². The molecule has 0 radical (unpaired) electrons. The van der Waals surface area contributed by atoms with Crippen molar-refractivity contribution < 1.29 is 13.6 Å². The van der Waals surface area contributed by atoms with Gasteiger partial charge in [-0.05, 0) is 45.8 Å². The zero-order valence-corrected chi connectivity index (χ0v) is 16.6. The average Bonchev–Trinajstić information content (AvgIpc) is 2.82. The molecule has 6 aromatic rings. The van der Waals surface area contributed by atoms with Crippen molar-refractivity contribution in [3.05, 3.63) is 117 Å². The quantitative estimate of drug-likeness (QED) is 0.213. The van der Waals surface area contributed by atoms with Crippen LogP contribution >= 0.6 is 0 Å². The molecule has 0 aliphatic heterocycles. The van der Waals surface area contributed by atoms with Gasteiger partial charge in [-0.2, -0.15) is 0 Å². The van der Waals surface area contributed by atoms with Crippen molar-refractivity contribution in [1.82, 2.24) is 0 Å². The van der Waals surface area contributed by atoms with Crippen molar-refractivity contribution in [2.75, 3.05) is 0 Å². The number of carbonyl (C=O) groups is 1. The third kappa shape index (κ3) is 2.68. The van der Waals surface area contributed by atoms with Gasteiger partial charge in [0.2, 0.25) is 5.78 Å². The van der Waals surface area contributed by atoms with E-state index in [1.807, 2.05) is 60.7 Å². The summed E-state index contributed by atoms with van der Waals surface area (Å²) >= 11 is 0. The monoisotopic (exact) mass is 418 g/mol. The summed E-state index contributed by atoms with van der Waals surface area (Å²) in [5.74, 6) is -0.725. The molecule has 0 fully saturated rings. The highest BCUT2D eigenvalue weighted by atomic mass is 16.4. The molecule has 0 saturated carbocycles. The third-order valence-electron chi connectivity index (χ3n) is 5.77. The summed E-state index contributed by atoms with van der Waals surface area (Å²) in [5.41, 5.74) is -1.25. The molecule has 0 spiro atoms. The summed E-state index contributed by atoms with van der Waals surface area (Å²) in [4.78, 5) is 38.6. The SMILES string of the molecule is O=C(c1cc2c(ccc3ccccc32)oc1=O)c1cc2c(ccc3ccccc32)oc1=O. The Hall–Kier alpha value is -4.51. The van der Waals surface area contributed by atoms with Crippen LogP contribution in [0.4, 0.5) is 0 Å². The van der Waals surface area contributed by atoms with Gasteiger partial charge in [-0.1, -0.05) is 60.7 Å². The first-order valence-electron chi connectivity index (χ1n) is 10.1. The minimum Gasteiger partial charge on any atom is -0.422 e.